The van der Waals surface area contributed by atoms with Gasteiger partial charge in [-0.2, -0.15) is 0 Å². The summed E-state index contributed by atoms with van der Waals surface area (Å²) >= 11 is 5.79. The van der Waals surface area contributed by atoms with Gasteiger partial charge < -0.3 is 9.31 Å². The molecule has 0 radical (unpaired) electrons. The van der Waals surface area contributed by atoms with Gasteiger partial charge in [0.1, 0.15) is 5.02 Å². The molecule has 5 nitrogen and oxygen atoms in total. The summed E-state index contributed by atoms with van der Waals surface area (Å²) in [6.07, 6.45) is 0. The van der Waals surface area contributed by atoms with Crippen LogP contribution in [0.5, 0.6) is 0 Å². The fourth-order valence-electron chi connectivity index (χ4n) is 1.80. The number of halogens is 1. The van der Waals surface area contributed by atoms with E-state index < -0.39 is 23.2 Å². The zero-order valence-corrected chi connectivity index (χ0v) is 12.0. The number of nitro benzene ring substituents is 1. The van der Waals surface area contributed by atoms with E-state index in [0.29, 0.717) is 5.46 Å². The molecule has 102 valence electrons. The topological polar surface area (TPSA) is 61.6 Å². The fourth-order valence-corrected chi connectivity index (χ4v) is 1.98. The zero-order chi connectivity index (χ0) is 14.4. The van der Waals surface area contributed by atoms with Crippen LogP contribution in [0.1, 0.15) is 27.7 Å². The van der Waals surface area contributed by atoms with Crippen molar-refractivity contribution in [2.24, 2.45) is 0 Å². The quantitative estimate of drug-likeness (QED) is 0.475. The molecule has 1 aliphatic heterocycles. The van der Waals surface area contributed by atoms with Crippen LogP contribution >= 0.6 is 11.6 Å². The van der Waals surface area contributed by atoms with Gasteiger partial charge in [0.2, 0.25) is 0 Å². The molecule has 0 bridgehead atoms. The van der Waals surface area contributed by atoms with Crippen LogP contribution in [0.2, 0.25) is 5.02 Å². The average Bonchev–Trinajstić information content (AvgIpc) is 2.48. The first kappa shape index (κ1) is 14.3. The van der Waals surface area contributed by atoms with Crippen LogP contribution in [-0.2, 0) is 9.31 Å². The molecular weight excluding hydrogens is 268 g/mol. The molecule has 0 unspecified atom stereocenters. The molecule has 1 fully saturated rings. The first-order valence-corrected chi connectivity index (χ1v) is 6.31. The van der Waals surface area contributed by atoms with Crippen molar-refractivity contribution in [1.29, 1.82) is 0 Å². The molecule has 0 atom stereocenters. The Bertz CT molecular complexity index is 516. The smallest absolute Gasteiger partial charge is 0.399 e. The fraction of sp³-hybridized carbons (Fsp3) is 0.500. The van der Waals surface area contributed by atoms with E-state index in [1.54, 1.807) is 6.07 Å². The number of benzene rings is 1. The molecule has 19 heavy (non-hydrogen) atoms. The van der Waals surface area contributed by atoms with Crippen LogP contribution in [-0.4, -0.2) is 23.2 Å². The number of hydrogen-bond donors (Lipinski definition) is 0. The molecule has 2 rings (SSSR count). The molecule has 1 aliphatic rings. The summed E-state index contributed by atoms with van der Waals surface area (Å²) in [5, 5.41) is 11.0. The maximum Gasteiger partial charge on any atom is 0.495 e. The predicted octanol–water partition coefficient (Wildman–Crippen LogP) is 2.55. The maximum absolute atomic E-state index is 10.9. The first-order chi connectivity index (χ1) is 8.64. The van der Waals surface area contributed by atoms with Crippen LogP contribution in [0.15, 0.2) is 18.2 Å². The third-order valence-electron chi connectivity index (χ3n) is 3.69. The Labute approximate surface area is 117 Å². The summed E-state index contributed by atoms with van der Waals surface area (Å²) in [4.78, 5) is 10.4. The van der Waals surface area contributed by atoms with Crippen LogP contribution in [0.4, 0.5) is 5.69 Å². The van der Waals surface area contributed by atoms with E-state index in [-0.39, 0.29) is 10.7 Å². The van der Waals surface area contributed by atoms with Gasteiger partial charge in [-0.25, -0.2) is 0 Å². The molecule has 0 spiro atoms. The van der Waals surface area contributed by atoms with Crippen molar-refractivity contribution in [3.05, 3.63) is 33.3 Å². The summed E-state index contributed by atoms with van der Waals surface area (Å²) in [6, 6.07) is 4.56. The van der Waals surface area contributed by atoms with Gasteiger partial charge in [-0.1, -0.05) is 17.7 Å². The minimum atomic E-state index is -0.624. The van der Waals surface area contributed by atoms with E-state index in [1.807, 2.05) is 27.7 Å². The highest BCUT2D eigenvalue weighted by molar-refractivity contribution is 6.62. The molecule has 7 heteroatoms. The summed E-state index contributed by atoms with van der Waals surface area (Å²) in [5.41, 5.74) is -0.512. The van der Waals surface area contributed by atoms with Crippen molar-refractivity contribution in [2.45, 2.75) is 38.9 Å². The van der Waals surface area contributed by atoms with Crippen LogP contribution in [0.25, 0.3) is 0 Å². The van der Waals surface area contributed by atoms with Gasteiger partial charge in [0, 0.05) is 6.07 Å². The molecular formula is C12H15BClNO4. The van der Waals surface area contributed by atoms with Gasteiger partial charge in [0.05, 0.1) is 16.1 Å². The monoisotopic (exact) mass is 283 g/mol. The first-order valence-electron chi connectivity index (χ1n) is 5.93. The Morgan fingerprint density at radius 3 is 2.21 bits per heavy atom. The Balaban J connectivity index is 2.35. The van der Waals surface area contributed by atoms with E-state index >= 15 is 0 Å². The SMILES string of the molecule is CC1(C)OB(c2ccc(Cl)c([N+](=O)[O-])c2)OC1(C)C. The van der Waals surface area contributed by atoms with Crippen molar-refractivity contribution in [3.8, 4) is 0 Å². The van der Waals surface area contributed by atoms with Crippen LogP contribution in [0.3, 0.4) is 0 Å². The highest BCUT2D eigenvalue weighted by Crippen LogP contribution is 2.36. The Morgan fingerprint density at radius 2 is 1.74 bits per heavy atom. The van der Waals surface area contributed by atoms with E-state index in [0.717, 1.165) is 0 Å². The van der Waals surface area contributed by atoms with Crippen LogP contribution in [0, 0.1) is 10.1 Å². The summed E-state index contributed by atoms with van der Waals surface area (Å²) in [6.45, 7) is 7.71. The molecule has 0 amide bonds. The molecule has 1 saturated heterocycles. The maximum atomic E-state index is 10.9. The second-order valence-corrected chi connectivity index (χ2v) is 5.96. The number of nitrogens with zero attached hydrogens (tertiary/aromatic N) is 1. The lowest BCUT2D eigenvalue weighted by atomic mass is 9.79. The van der Waals surface area contributed by atoms with Crippen molar-refractivity contribution < 1.29 is 14.2 Å². The summed E-state index contributed by atoms with van der Waals surface area (Å²) < 4.78 is 11.7. The van der Waals surface area contributed by atoms with Crippen molar-refractivity contribution in [3.63, 3.8) is 0 Å². The van der Waals surface area contributed by atoms with Gasteiger partial charge >= 0.3 is 7.12 Å². The molecule has 1 aromatic rings. The minimum Gasteiger partial charge on any atom is -0.399 e. The Hall–Kier alpha value is -1.11. The molecule has 0 aromatic heterocycles. The van der Waals surface area contributed by atoms with E-state index in [1.165, 1.54) is 12.1 Å². The van der Waals surface area contributed by atoms with Gasteiger partial charge in [-0.15, -0.1) is 0 Å². The van der Waals surface area contributed by atoms with Crippen molar-refractivity contribution >= 4 is 29.9 Å². The Kier molecular flexibility index (Phi) is 3.37. The van der Waals surface area contributed by atoms with E-state index in [9.17, 15) is 10.1 Å². The second-order valence-electron chi connectivity index (χ2n) is 5.56. The predicted molar refractivity (Wildman–Crippen MR) is 73.8 cm³/mol. The van der Waals surface area contributed by atoms with Gasteiger partial charge in [0.15, 0.2) is 0 Å². The molecule has 0 saturated carbocycles. The zero-order valence-electron chi connectivity index (χ0n) is 11.3. The lowest BCUT2D eigenvalue weighted by Crippen LogP contribution is -2.41. The number of nitro groups is 1. The number of rotatable bonds is 2. The molecule has 0 N–H and O–H groups in total. The molecule has 1 heterocycles. The third-order valence-corrected chi connectivity index (χ3v) is 4.01. The lowest BCUT2D eigenvalue weighted by Gasteiger charge is -2.32. The number of hydrogen-bond acceptors (Lipinski definition) is 4. The highest BCUT2D eigenvalue weighted by atomic mass is 35.5. The summed E-state index contributed by atoms with van der Waals surface area (Å²) in [5.74, 6) is 0. The molecule has 1 aromatic carbocycles. The van der Waals surface area contributed by atoms with Gasteiger partial charge in [-0.3, -0.25) is 10.1 Å². The Morgan fingerprint density at radius 1 is 1.21 bits per heavy atom. The lowest BCUT2D eigenvalue weighted by molar-refractivity contribution is -0.384. The van der Waals surface area contributed by atoms with Crippen molar-refractivity contribution in [1.82, 2.24) is 0 Å². The summed E-state index contributed by atoms with van der Waals surface area (Å²) in [7, 11) is -0.624. The third kappa shape index (κ3) is 2.48. The van der Waals surface area contributed by atoms with Gasteiger partial charge in [0.25, 0.3) is 5.69 Å². The van der Waals surface area contributed by atoms with Crippen LogP contribution < -0.4 is 5.46 Å². The highest BCUT2D eigenvalue weighted by Gasteiger charge is 2.51. The normalized spacial score (nSPS) is 20.6. The average molecular weight is 284 g/mol. The minimum absolute atomic E-state index is 0.102. The second kappa shape index (κ2) is 4.47. The van der Waals surface area contributed by atoms with Gasteiger partial charge in [-0.05, 0) is 39.2 Å². The van der Waals surface area contributed by atoms with E-state index in [2.05, 4.69) is 0 Å². The molecule has 0 aliphatic carbocycles. The van der Waals surface area contributed by atoms with Crippen molar-refractivity contribution in [2.75, 3.05) is 0 Å². The van der Waals surface area contributed by atoms with E-state index in [4.69, 9.17) is 20.9 Å². The standard InChI is InChI=1S/C12H15BClNO4/c1-11(2)12(3,4)19-13(18-11)8-5-6-9(14)10(7-8)15(16)17/h5-7H,1-4H3. The largest absolute Gasteiger partial charge is 0.495 e.